The third kappa shape index (κ3) is 3.59. The van der Waals surface area contributed by atoms with Crippen LogP contribution in [-0.4, -0.2) is 16.3 Å². The predicted molar refractivity (Wildman–Crippen MR) is 93.2 cm³/mol. The molecule has 4 nitrogen and oxygen atoms in total. The maximum absolute atomic E-state index is 12.3. The fourth-order valence-electron chi connectivity index (χ4n) is 2.39. The molecule has 4 heteroatoms. The number of fused-ring (bicyclic) bond motifs is 1. The van der Waals surface area contributed by atoms with Gasteiger partial charge in [0.2, 0.25) is 0 Å². The van der Waals surface area contributed by atoms with E-state index in [9.17, 15) is 4.79 Å². The van der Waals surface area contributed by atoms with Crippen LogP contribution < -0.4 is 4.74 Å². The van der Waals surface area contributed by atoms with E-state index in [2.05, 4.69) is 6.20 Å². The Hall–Kier alpha value is -2.75. The molecule has 123 valence electrons. The van der Waals surface area contributed by atoms with E-state index in [-0.39, 0.29) is 0 Å². The maximum atomic E-state index is 12.3. The molecule has 1 radical (unpaired) electrons. The summed E-state index contributed by atoms with van der Waals surface area (Å²) in [4.78, 5) is 12.3. The van der Waals surface area contributed by atoms with Gasteiger partial charge in [-0.2, -0.15) is 0 Å². The van der Waals surface area contributed by atoms with Crippen molar-refractivity contribution in [1.82, 2.24) is 4.57 Å². The van der Waals surface area contributed by atoms with Crippen LogP contribution in [0.2, 0.25) is 0 Å². The number of benzene rings is 2. The Labute approximate surface area is 141 Å². The zero-order chi connectivity index (χ0) is 17.2. The van der Waals surface area contributed by atoms with Crippen LogP contribution in [0.5, 0.6) is 5.75 Å². The van der Waals surface area contributed by atoms with Gasteiger partial charge in [0.15, 0.2) is 0 Å². The van der Waals surface area contributed by atoms with Gasteiger partial charge in [0.05, 0.1) is 11.7 Å². The number of rotatable bonds is 3. The first-order valence-electron chi connectivity index (χ1n) is 7.86. The van der Waals surface area contributed by atoms with Crippen molar-refractivity contribution in [1.29, 1.82) is 0 Å². The van der Waals surface area contributed by atoms with Gasteiger partial charge < -0.3 is 9.47 Å². The van der Waals surface area contributed by atoms with Gasteiger partial charge in [0, 0.05) is 5.39 Å². The fraction of sp³-hybridized carbons (Fsp3) is 0.250. The van der Waals surface area contributed by atoms with Crippen molar-refractivity contribution in [2.24, 2.45) is 0 Å². The van der Waals surface area contributed by atoms with Crippen molar-refractivity contribution in [3.05, 3.63) is 66.4 Å². The van der Waals surface area contributed by atoms with Crippen LogP contribution in [0.3, 0.4) is 0 Å². The quantitative estimate of drug-likeness (QED) is 0.695. The molecule has 24 heavy (non-hydrogen) atoms. The molecule has 3 aromatic rings. The lowest BCUT2D eigenvalue weighted by Gasteiger charge is -2.19. The Morgan fingerprint density at radius 2 is 1.83 bits per heavy atom. The second kappa shape index (κ2) is 6.40. The summed E-state index contributed by atoms with van der Waals surface area (Å²) in [6.45, 7) is 5.98. The molecule has 0 saturated carbocycles. The summed E-state index contributed by atoms with van der Waals surface area (Å²) in [5, 5.41) is 0.833. The van der Waals surface area contributed by atoms with Crippen molar-refractivity contribution < 1.29 is 14.3 Å². The zero-order valence-corrected chi connectivity index (χ0v) is 14.1. The highest BCUT2D eigenvalue weighted by molar-refractivity contribution is 5.93. The lowest BCUT2D eigenvalue weighted by atomic mass is 10.2. The van der Waals surface area contributed by atoms with Crippen LogP contribution in [0.15, 0.2) is 54.6 Å². The van der Waals surface area contributed by atoms with E-state index < -0.39 is 11.7 Å². The van der Waals surface area contributed by atoms with Crippen LogP contribution in [0, 0.1) is 6.20 Å². The molecular formula is C20H20NO3. The number of aromatic nitrogens is 1. The van der Waals surface area contributed by atoms with Crippen LogP contribution in [0.1, 0.15) is 26.3 Å². The standard InChI is InChI=1S/C20H20NO3/c1-20(2,3)24-19(22)21-13-12-16-17(21)10-7-11-18(16)23-14-15-8-5-4-6-9-15/h4-12H,14H2,1-3H3. The highest BCUT2D eigenvalue weighted by Crippen LogP contribution is 2.27. The number of ether oxygens (including phenoxy) is 2. The molecular weight excluding hydrogens is 302 g/mol. The smallest absolute Gasteiger partial charge is 0.419 e. The SMILES string of the molecule is CC(C)(C)OC(=O)n1[c]cc2c(OCc3ccccc3)cccc21. The van der Waals surface area contributed by atoms with E-state index >= 15 is 0 Å². The van der Waals surface area contributed by atoms with Crippen molar-refractivity contribution >= 4 is 17.0 Å². The lowest BCUT2D eigenvalue weighted by Crippen LogP contribution is -2.26. The van der Waals surface area contributed by atoms with Crippen LogP contribution >= 0.6 is 0 Å². The summed E-state index contributed by atoms with van der Waals surface area (Å²) in [7, 11) is 0. The Morgan fingerprint density at radius 3 is 2.54 bits per heavy atom. The van der Waals surface area contributed by atoms with Crippen LogP contribution in [0.25, 0.3) is 10.9 Å². The van der Waals surface area contributed by atoms with Gasteiger partial charge in [0.25, 0.3) is 0 Å². The van der Waals surface area contributed by atoms with E-state index in [4.69, 9.17) is 9.47 Å². The van der Waals surface area contributed by atoms with Crippen molar-refractivity contribution in [2.45, 2.75) is 33.0 Å². The van der Waals surface area contributed by atoms with Gasteiger partial charge in [-0.05, 0) is 44.5 Å². The van der Waals surface area contributed by atoms with Gasteiger partial charge in [-0.15, -0.1) is 0 Å². The molecule has 3 rings (SSSR count). The van der Waals surface area contributed by atoms with Gasteiger partial charge in [-0.25, -0.2) is 9.36 Å². The normalized spacial score (nSPS) is 11.5. The first-order chi connectivity index (χ1) is 11.4. The fourth-order valence-corrected chi connectivity index (χ4v) is 2.39. The molecule has 0 bridgehead atoms. The Balaban J connectivity index is 1.85. The molecule has 0 amide bonds. The summed E-state index contributed by atoms with van der Waals surface area (Å²) in [6, 6.07) is 17.3. The number of carbonyl (C=O) groups excluding carboxylic acids is 1. The highest BCUT2D eigenvalue weighted by Gasteiger charge is 2.20. The third-order valence-corrected chi connectivity index (χ3v) is 3.44. The molecule has 0 spiro atoms. The number of carbonyl (C=O) groups is 1. The molecule has 1 heterocycles. The van der Waals surface area contributed by atoms with E-state index in [0.717, 1.165) is 22.2 Å². The molecule has 0 saturated heterocycles. The molecule has 0 atom stereocenters. The van der Waals surface area contributed by atoms with E-state index in [0.29, 0.717) is 6.61 Å². The van der Waals surface area contributed by atoms with Crippen LogP contribution in [-0.2, 0) is 11.3 Å². The molecule has 0 aliphatic rings. The Morgan fingerprint density at radius 1 is 1.08 bits per heavy atom. The Bertz CT molecular complexity index is 844. The first-order valence-corrected chi connectivity index (χ1v) is 7.86. The summed E-state index contributed by atoms with van der Waals surface area (Å²) in [5.41, 5.74) is 1.25. The topological polar surface area (TPSA) is 40.5 Å². The molecule has 0 N–H and O–H groups in total. The molecule has 0 fully saturated rings. The summed E-state index contributed by atoms with van der Waals surface area (Å²) < 4.78 is 12.7. The second-order valence-corrected chi connectivity index (χ2v) is 6.55. The number of nitrogens with zero attached hydrogens (tertiary/aromatic N) is 1. The minimum atomic E-state index is -0.553. The monoisotopic (exact) mass is 322 g/mol. The molecule has 1 aromatic heterocycles. The third-order valence-electron chi connectivity index (χ3n) is 3.44. The van der Waals surface area contributed by atoms with Crippen LogP contribution in [0.4, 0.5) is 4.79 Å². The van der Waals surface area contributed by atoms with E-state index in [1.165, 1.54) is 4.57 Å². The van der Waals surface area contributed by atoms with Crippen molar-refractivity contribution in [3.8, 4) is 5.75 Å². The van der Waals surface area contributed by atoms with Gasteiger partial charge >= 0.3 is 6.09 Å². The van der Waals surface area contributed by atoms with E-state index in [1.807, 2.05) is 69.3 Å². The average Bonchev–Trinajstić information content (AvgIpc) is 2.97. The molecule has 2 aromatic carbocycles. The van der Waals surface area contributed by atoms with Gasteiger partial charge in [-0.1, -0.05) is 36.4 Å². The second-order valence-electron chi connectivity index (χ2n) is 6.55. The zero-order valence-electron chi connectivity index (χ0n) is 14.1. The summed E-state index contributed by atoms with van der Waals surface area (Å²) in [5.74, 6) is 0.718. The minimum absolute atomic E-state index is 0.447. The molecule has 0 aliphatic heterocycles. The summed E-state index contributed by atoms with van der Waals surface area (Å²) >= 11 is 0. The molecule has 0 unspecified atom stereocenters. The number of hydrogen-bond acceptors (Lipinski definition) is 3. The van der Waals surface area contributed by atoms with Gasteiger partial charge in [-0.3, -0.25) is 0 Å². The van der Waals surface area contributed by atoms with E-state index in [1.54, 1.807) is 6.07 Å². The average molecular weight is 322 g/mol. The lowest BCUT2D eigenvalue weighted by molar-refractivity contribution is 0.0543. The first kappa shape index (κ1) is 16.1. The van der Waals surface area contributed by atoms with Crippen molar-refractivity contribution in [2.75, 3.05) is 0 Å². The largest absolute Gasteiger partial charge is 0.488 e. The van der Waals surface area contributed by atoms with Crippen molar-refractivity contribution in [3.63, 3.8) is 0 Å². The maximum Gasteiger partial charge on any atom is 0.419 e. The molecule has 0 aliphatic carbocycles. The predicted octanol–water partition coefficient (Wildman–Crippen LogP) is 4.80. The number of hydrogen-bond donors (Lipinski definition) is 0. The minimum Gasteiger partial charge on any atom is -0.488 e. The van der Waals surface area contributed by atoms with Gasteiger partial charge in [0.1, 0.15) is 18.0 Å². The Kier molecular flexibility index (Phi) is 4.30. The highest BCUT2D eigenvalue weighted by atomic mass is 16.6. The summed E-state index contributed by atoms with van der Waals surface area (Å²) in [6.07, 6.45) is 2.49.